The van der Waals surface area contributed by atoms with E-state index in [-0.39, 0.29) is 42.8 Å². The third-order valence-electron chi connectivity index (χ3n) is 8.15. The minimum atomic E-state index is -1.11. The van der Waals surface area contributed by atoms with Gasteiger partial charge < -0.3 is 19.5 Å². The number of ether oxygens (including phenoxy) is 2. The molecule has 0 aromatic carbocycles. The van der Waals surface area contributed by atoms with E-state index in [1.54, 1.807) is 6.08 Å². The molecular formula is C26H35NO7. The molecule has 2 aliphatic carbocycles. The van der Waals surface area contributed by atoms with Gasteiger partial charge in [0.05, 0.1) is 24.4 Å². The molecule has 0 aromatic rings. The van der Waals surface area contributed by atoms with E-state index >= 15 is 0 Å². The lowest BCUT2D eigenvalue weighted by Gasteiger charge is -2.38. The molecule has 1 N–H and O–H groups in total. The van der Waals surface area contributed by atoms with Crippen LogP contribution in [0.2, 0.25) is 0 Å². The quantitative estimate of drug-likeness (QED) is 0.482. The van der Waals surface area contributed by atoms with Crippen LogP contribution in [0.1, 0.15) is 65.7 Å². The van der Waals surface area contributed by atoms with Crippen molar-refractivity contribution in [3.8, 4) is 0 Å². The first-order valence-electron chi connectivity index (χ1n) is 12.4. The van der Waals surface area contributed by atoms with Gasteiger partial charge in [0, 0.05) is 19.4 Å². The monoisotopic (exact) mass is 473 g/mol. The number of fused-ring (bicyclic) bond motifs is 1. The van der Waals surface area contributed by atoms with Gasteiger partial charge >= 0.3 is 5.97 Å². The van der Waals surface area contributed by atoms with Crippen molar-refractivity contribution in [3.05, 3.63) is 23.3 Å². The summed E-state index contributed by atoms with van der Waals surface area (Å²) in [5, 5.41) is 9.46. The number of ketones is 2. The minimum Gasteiger partial charge on any atom is -0.459 e. The molecule has 8 heteroatoms. The fourth-order valence-corrected chi connectivity index (χ4v) is 5.93. The maximum absolute atomic E-state index is 13.3. The molecule has 0 spiro atoms. The maximum atomic E-state index is 13.3. The zero-order valence-electron chi connectivity index (χ0n) is 20.2. The Balaban J connectivity index is 1.46. The molecule has 4 aliphatic rings. The summed E-state index contributed by atoms with van der Waals surface area (Å²) < 4.78 is 11.2. The highest BCUT2D eigenvalue weighted by Crippen LogP contribution is 2.50. The highest BCUT2D eigenvalue weighted by molar-refractivity contribution is 5.99. The number of esters is 1. The van der Waals surface area contributed by atoms with Gasteiger partial charge in [-0.3, -0.25) is 14.4 Å². The van der Waals surface area contributed by atoms with Gasteiger partial charge in [0.25, 0.3) is 0 Å². The van der Waals surface area contributed by atoms with Crippen LogP contribution in [0.5, 0.6) is 0 Å². The number of likely N-dealkylation sites (tertiary alicyclic amines) is 1. The smallest absolute Gasteiger partial charge is 0.329 e. The third-order valence-corrected chi connectivity index (χ3v) is 8.15. The molecule has 0 bridgehead atoms. The predicted molar refractivity (Wildman–Crippen MR) is 122 cm³/mol. The summed E-state index contributed by atoms with van der Waals surface area (Å²) in [5.74, 6) is -1.57. The molecule has 2 fully saturated rings. The van der Waals surface area contributed by atoms with E-state index in [9.17, 15) is 24.3 Å². The van der Waals surface area contributed by atoms with Crippen LogP contribution < -0.4 is 0 Å². The molecule has 6 atom stereocenters. The van der Waals surface area contributed by atoms with Crippen molar-refractivity contribution in [2.24, 2.45) is 17.3 Å². The number of carbonyl (C=O) groups is 4. The Hall–Kier alpha value is -2.32. The Morgan fingerprint density at radius 2 is 2.06 bits per heavy atom. The van der Waals surface area contributed by atoms with E-state index in [2.05, 4.69) is 6.08 Å². The molecule has 2 heterocycles. The van der Waals surface area contributed by atoms with Crippen molar-refractivity contribution in [1.29, 1.82) is 0 Å². The molecule has 34 heavy (non-hydrogen) atoms. The zero-order valence-corrected chi connectivity index (χ0v) is 20.2. The van der Waals surface area contributed by atoms with E-state index < -0.39 is 35.7 Å². The van der Waals surface area contributed by atoms with Crippen LogP contribution in [0.4, 0.5) is 0 Å². The number of carbonyl (C=O) groups excluding carboxylic acids is 4. The second-order valence-electron chi connectivity index (χ2n) is 10.3. The molecule has 0 saturated carbocycles. The SMILES string of the molecule is CCC1=CC(=O)[C@@]2(C)[C@@H](OC(=O)[C@@H]3CCCN3C(=O)C[C@H]3CO[C@@H](O)CC3=O)CC(C)=CC[C@H]12. The van der Waals surface area contributed by atoms with E-state index in [0.29, 0.717) is 25.8 Å². The normalized spacial score (nSPS) is 36.0. The maximum Gasteiger partial charge on any atom is 0.329 e. The summed E-state index contributed by atoms with van der Waals surface area (Å²) in [6.07, 6.45) is 5.17. The standard InChI is InChI=1S/C26H35NO7/c1-4-16-11-21(29)26(3)18(16)8-7-15(2)10-22(26)34-25(32)19-6-5-9-27(19)23(30)12-17-14-33-24(31)13-20(17)28/h7,11,17-19,22,24,31H,4-6,8-10,12-14H2,1-3H3/t17-,18+,19-,22-,24+,26-/m0/s1. The van der Waals surface area contributed by atoms with Crippen LogP contribution >= 0.6 is 0 Å². The highest BCUT2D eigenvalue weighted by Gasteiger charge is 2.54. The van der Waals surface area contributed by atoms with Gasteiger partial charge in [0.2, 0.25) is 5.91 Å². The van der Waals surface area contributed by atoms with Gasteiger partial charge in [-0.05, 0) is 51.5 Å². The number of aliphatic hydroxyl groups is 1. The number of nitrogens with zero attached hydrogens (tertiary/aromatic N) is 1. The summed E-state index contributed by atoms with van der Waals surface area (Å²) in [6.45, 7) is 6.36. The lowest BCUT2D eigenvalue weighted by Crippen LogP contribution is -2.48. The Bertz CT molecular complexity index is 937. The van der Waals surface area contributed by atoms with Gasteiger partial charge in [0.15, 0.2) is 12.1 Å². The lowest BCUT2D eigenvalue weighted by molar-refractivity contribution is -0.169. The summed E-state index contributed by atoms with van der Waals surface area (Å²) >= 11 is 0. The summed E-state index contributed by atoms with van der Waals surface area (Å²) in [6, 6.07) is -0.720. The number of Topliss-reactive ketones (excluding diaryl/α,β-unsaturated/α-hetero) is 1. The Morgan fingerprint density at radius 1 is 1.29 bits per heavy atom. The second kappa shape index (κ2) is 9.74. The third kappa shape index (κ3) is 4.50. The number of hydrogen-bond donors (Lipinski definition) is 1. The Labute approximate surface area is 200 Å². The summed E-state index contributed by atoms with van der Waals surface area (Å²) in [4.78, 5) is 53.1. The van der Waals surface area contributed by atoms with Crippen molar-refractivity contribution in [2.45, 2.75) is 84.2 Å². The van der Waals surface area contributed by atoms with E-state index in [0.717, 1.165) is 24.0 Å². The first kappa shape index (κ1) is 24.8. The molecule has 4 rings (SSSR count). The van der Waals surface area contributed by atoms with Gasteiger partial charge in [-0.2, -0.15) is 0 Å². The van der Waals surface area contributed by atoms with Crippen LogP contribution in [0.3, 0.4) is 0 Å². The minimum absolute atomic E-state index is 0.00298. The van der Waals surface area contributed by atoms with Crippen LogP contribution in [-0.4, -0.2) is 65.0 Å². The largest absolute Gasteiger partial charge is 0.459 e. The van der Waals surface area contributed by atoms with E-state index in [1.165, 1.54) is 4.90 Å². The van der Waals surface area contributed by atoms with Crippen LogP contribution in [-0.2, 0) is 28.7 Å². The summed E-state index contributed by atoms with van der Waals surface area (Å²) in [7, 11) is 0. The molecule has 0 unspecified atom stereocenters. The van der Waals surface area contributed by atoms with Gasteiger partial charge in [0.1, 0.15) is 17.9 Å². The molecule has 2 aliphatic heterocycles. The summed E-state index contributed by atoms with van der Waals surface area (Å²) in [5.41, 5.74) is 1.38. The van der Waals surface area contributed by atoms with Crippen LogP contribution in [0.25, 0.3) is 0 Å². The van der Waals surface area contributed by atoms with Crippen LogP contribution in [0, 0.1) is 17.3 Å². The first-order valence-corrected chi connectivity index (χ1v) is 12.4. The fourth-order valence-electron chi connectivity index (χ4n) is 5.93. The molecule has 0 aromatic heterocycles. The number of amides is 1. The van der Waals surface area contributed by atoms with Gasteiger partial charge in [-0.25, -0.2) is 4.79 Å². The fraction of sp³-hybridized carbons (Fsp3) is 0.692. The van der Waals surface area contributed by atoms with E-state index in [4.69, 9.17) is 9.47 Å². The predicted octanol–water partition coefficient (Wildman–Crippen LogP) is 2.48. The van der Waals surface area contributed by atoms with Crippen molar-refractivity contribution >= 4 is 23.4 Å². The average Bonchev–Trinajstić information content (AvgIpc) is 3.34. The molecule has 186 valence electrons. The van der Waals surface area contributed by atoms with Gasteiger partial charge in [-0.1, -0.05) is 24.1 Å². The molecule has 2 saturated heterocycles. The number of hydrogen-bond acceptors (Lipinski definition) is 7. The van der Waals surface area contributed by atoms with Crippen molar-refractivity contribution < 1.29 is 33.8 Å². The number of allylic oxidation sites excluding steroid dienone is 3. The van der Waals surface area contributed by atoms with Gasteiger partial charge in [-0.15, -0.1) is 0 Å². The zero-order chi connectivity index (χ0) is 24.6. The number of aliphatic hydroxyl groups excluding tert-OH is 1. The van der Waals surface area contributed by atoms with Crippen molar-refractivity contribution in [2.75, 3.05) is 13.2 Å². The van der Waals surface area contributed by atoms with Crippen molar-refractivity contribution in [1.82, 2.24) is 4.90 Å². The first-order chi connectivity index (χ1) is 16.1. The lowest BCUT2D eigenvalue weighted by atomic mass is 9.70. The second-order valence-corrected chi connectivity index (χ2v) is 10.3. The topological polar surface area (TPSA) is 110 Å². The highest BCUT2D eigenvalue weighted by atomic mass is 16.6. The number of rotatable bonds is 5. The Kier molecular flexibility index (Phi) is 7.10. The molecule has 8 nitrogen and oxygen atoms in total. The van der Waals surface area contributed by atoms with Crippen LogP contribution in [0.15, 0.2) is 23.3 Å². The van der Waals surface area contributed by atoms with E-state index in [1.807, 2.05) is 20.8 Å². The molecule has 0 radical (unpaired) electrons. The molecular weight excluding hydrogens is 438 g/mol. The molecule has 1 amide bonds. The Morgan fingerprint density at radius 3 is 2.76 bits per heavy atom. The average molecular weight is 474 g/mol. The van der Waals surface area contributed by atoms with Crippen molar-refractivity contribution in [3.63, 3.8) is 0 Å².